The molecular formula is C22H18ClN3O2. The zero-order valence-corrected chi connectivity index (χ0v) is 15.8. The van der Waals surface area contributed by atoms with Crippen LogP contribution in [-0.2, 0) is 11.3 Å². The minimum atomic E-state index is -0.282. The number of benzene rings is 2. The summed E-state index contributed by atoms with van der Waals surface area (Å²) >= 11 is 5.80. The van der Waals surface area contributed by atoms with E-state index in [1.54, 1.807) is 12.1 Å². The van der Waals surface area contributed by atoms with Crippen LogP contribution in [0, 0.1) is 0 Å². The Kier molecular flexibility index (Phi) is 5.26. The number of halogens is 1. The number of fused-ring (bicyclic) bond motifs is 1. The number of nitrogens with zero attached hydrogens (tertiary/aromatic N) is 2. The van der Waals surface area contributed by atoms with Gasteiger partial charge in [0.2, 0.25) is 0 Å². The summed E-state index contributed by atoms with van der Waals surface area (Å²) in [5.41, 5.74) is 2.28. The molecule has 0 fully saturated rings. The molecule has 0 bridgehead atoms. The largest absolute Gasteiger partial charge is 0.483 e. The number of hydrogen-bond acceptors (Lipinski definition) is 3. The molecule has 2 aromatic heterocycles. The van der Waals surface area contributed by atoms with Crippen molar-refractivity contribution >= 4 is 34.2 Å². The fraction of sp³-hybridized carbons (Fsp3) is 0.0909. The summed E-state index contributed by atoms with van der Waals surface area (Å²) in [4.78, 5) is 16.2. The van der Waals surface area contributed by atoms with E-state index in [1.807, 2.05) is 48.7 Å². The Hall–Kier alpha value is -3.31. The molecule has 0 unspecified atom stereocenters. The van der Waals surface area contributed by atoms with E-state index in [0.717, 1.165) is 17.4 Å². The van der Waals surface area contributed by atoms with Crippen LogP contribution < -0.4 is 10.1 Å². The van der Waals surface area contributed by atoms with E-state index in [9.17, 15) is 4.79 Å². The summed E-state index contributed by atoms with van der Waals surface area (Å²) in [5, 5.41) is 4.17. The molecule has 0 atom stereocenters. The molecule has 5 nitrogen and oxygen atoms in total. The minimum Gasteiger partial charge on any atom is -0.483 e. The Balaban J connectivity index is 1.45. The standard InChI is InChI=1S/C22H18ClN3O2/c23-17-9-10-21(24-13-17)25-22(27)15-28-20-8-4-7-19-18(20)11-12-26(19)14-16-5-2-1-3-6-16/h1-13H,14-15H2,(H,24,25,27). The van der Waals surface area contributed by atoms with E-state index >= 15 is 0 Å². The van der Waals surface area contributed by atoms with Crippen LogP contribution in [0.1, 0.15) is 5.56 Å². The average Bonchev–Trinajstić information content (AvgIpc) is 3.12. The SMILES string of the molecule is O=C(COc1cccc2c1ccn2Cc1ccccc1)Nc1ccc(Cl)cn1. The van der Waals surface area contributed by atoms with Crippen LogP contribution in [-0.4, -0.2) is 22.1 Å². The lowest BCUT2D eigenvalue weighted by molar-refractivity contribution is -0.118. The summed E-state index contributed by atoms with van der Waals surface area (Å²) in [7, 11) is 0. The Morgan fingerprint density at radius 2 is 1.89 bits per heavy atom. The number of ether oxygens (including phenoxy) is 1. The molecule has 1 N–H and O–H groups in total. The lowest BCUT2D eigenvalue weighted by atomic mass is 10.2. The van der Waals surface area contributed by atoms with E-state index in [4.69, 9.17) is 16.3 Å². The lowest BCUT2D eigenvalue weighted by Gasteiger charge is -2.09. The molecule has 2 heterocycles. The highest BCUT2D eigenvalue weighted by molar-refractivity contribution is 6.30. The van der Waals surface area contributed by atoms with Crippen molar-refractivity contribution in [2.24, 2.45) is 0 Å². The van der Waals surface area contributed by atoms with Gasteiger partial charge in [-0.05, 0) is 35.9 Å². The summed E-state index contributed by atoms with van der Waals surface area (Å²) in [6, 6.07) is 21.4. The third-order valence-electron chi connectivity index (χ3n) is 4.32. The fourth-order valence-corrected chi connectivity index (χ4v) is 3.12. The number of rotatable bonds is 6. The molecule has 28 heavy (non-hydrogen) atoms. The van der Waals surface area contributed by atoms with Crippen LogP contribution >= 0.6 is 11.6 Å². The average molecular weight is 392 g/mol. The number of pyridine rings is 1. The number of carbonyl (C=O) groups excluding carboxylic acids is 1. The van der Waals surface area contributed by atoms with Gasteiger partial charge < -0.3 is 14.6 Å². The number of amides is 1. The van der Waals surface area contributed by atoms with Gasteiger partial charge in [0.1, 0.15) is 11.6 Å². The molecular weight excluding hydrogens is 374 g/mol. The minimum absolute atomic E-state index is 0.104. The summed E-state index contributed by atoms with van der Waals surface area (Å²) in [6.45, 7) is 0.670. The van der Waals surface area contributed by atoms with Gasteiger partial charge in [0.05, 0.1) is 10.5 Å². The monoisotopic (exact) mass is 391 g/mol. The molecule has 0 saturated carbocycles. The van der Waals surface area contributed by atoms with E-state index < -0.39 is 0 Å². The van der Waals surface area contributed by atoms with Crippen molar-refractivity contribution < 1.29 is 9.53 Å². The molecule has 0 aliphatic carbocycles. The van der Waals surface area contributed by atoms with Crippen LogP contribution in [0.3, 0.4) is 0 Å². The molecule has 4 aromatic rings. The van der Waals surface area contributed by atoms with Gasteiger partial charge in [-0.2, -0.15) is 0 Å². The summed E-state index contributed by atoms with van der Waals surface area (Å²) < 4.78 is 7.92. The van der Waals surface area contributed by atoms with Gasteiger partial charge in [0, 0.05) is 24.3 Å². The molecule has 4 rings (SSSR count). The molecule has 6 heteroatoms. The van der Waals surface area contributed by atoms with Gasteiger partial charge in [0.15, 0.2) is 6.61 Å². The van der Waals surface area contributed by atoms with Crippen LogP contribution in [0.2, 0.25) is 5.02 Å². The van der Waals surface area contributed by atoms with Crippen LogP contribution in [0.25, 0.3) is 10.9 Å². The highest BCUT2D eigenvalue weighted by Crippen LogP contribution is 2.27. The molecule has 0 aliphatic heterocycles. The fourth-order valence-electron chi connectivity index (χ4n) is 3.01. The van der Waals surface area contributed by atoms with Crippen molar-refractivity contribution in [3.63, 3.8) is 0 Å². The predicted molar refractivity (Wildman–Crippen MR) is 111 cm³/mol. The molecule has 0 saturated heterocycles. The van der Waals surface area contributed by atoms with Crippen molar-refractivity contribution in [1.82, 2.24) is 9.55 Å². The Morgan fingerprint density at radius 1 is 1.04 bits per heavy atom. The maximum absolute atomic E-state index is 12.1. The first kappa shape index (κ1) is 18.1. The molecule has 0 radical (unpaired) electrons. The predicted octanol–water partition coefficient (Wildman–Crippen LogP) is 4.76. The number of hydrogen-bond donors (Lipinski definition) is 1. The Labute approximate surface area is 167 Å². The topological polar surface area (TPSA) is 56.1 Å². The van der Waals surface area contributed by atoms with E-state index in [0.29, 0.717) is 16.6 Å². The highest BCUT2D eigenvalue weighted by atomic mass is 35.5. The van der Waals surface area contributed by atoms with E-state index in [-0.39, 0.29) is 12.5 Å². The second-order valence-electron chi connectivity index (χ2n) is 6.32. The van der Waals surface area contributed by atoms with Crippen molar-refractivity contribution in [1.29, 1.82) is 0 Å². The zero-order chi connectivity index (χ0) is 19.3. The molecule has 1 amide bonds. The van der Waals surface area contributed by atoms with Crippen molar-refractivity contribution in [3.05, 3.63) is 89.7 Å². The maximum atomic E-state index is 12.1. The first-order chi connectivity index (χ1) is 13.7. The number of anilines is 1. The van der Waals surface area contributed by atoms with Crippen LogP contribution in [0.15, 0.2) is 79.1 Å². The number of nitrogens with one attached hydrogen (secondary N) is 1. The van der Waals surface area contributed by atoms with Gasteiger partial charge >= 0.3 is 0 Å². The molecule has 0 aliphatic rings. The van der Waals surface area contributed by atoms with Crippen molar-refractivity contribution in [3.8, 4) is 5.75 Å². The smallest absolute Gasteiger partial charge is 0.263 e. The maximum Gasteiger partial charge on any atom is 0.263 e. The first-order valence-corrected chi connectivity index (χ1v) is 9.23. The van der Waals surface area contributed by atoms with E-state index in [1.165, 1.54) is 11.8 Å². The molecule has 140 valence electrons. The van der Waals surface area contributed by atoms with Gasteiger partial charge in [-0.25, -0.2) is 4.98 Å². The van der Waals surface area contributed by atoms with Crippen molar-refractivity contribution in [2.75, 3.05) is 11.9 Å². The highest BCUT2D eigenvalue weighted by Gasteiger charge is 2.10. The first-order valence-electron chi connectivity index (χ1n) is 8.85. The van der Waals surface area contributed by atoms with Gasteiger partial charge in [-0.1, -0.05) is 48.0 Å². The quantitative estimate of drug-likeness (QED) is 0.515. The second-order valence-corrected chi connectivity index (χ2v) is 6.75. The van der Waals surface area contributed by atoms with Crippen LogP contribution in [0.4, 0.5) is 5.82 Å². The normalized spacial score (nSPS) is 10.8. The van der Waals surface area contributed by atoms with E-state index in [2.05, 4.69) is 27.0 Å². The Morgan fingerprint density at radius 3 is 2.68 bits per heavy atom. The van der Waals surface area contributed by atoms with Crippen LogP contribution in [0.5, 0.6) is 5.75 Å². The number of carbonyl (C=O) groups is 1. The van der Waals surface area contributed by atoms with Gasteiger partial charge in [0.25, 0.3) is 5.91 Å². The molecule has 0 spiro atoms. The lowest BCUT2D eigenvalue weighted by Crippen LogP contribution is -2.20. The zero-order valence-electron chi connectivity index (χ0n) is 15.0. The van der Waals surface area contributed by atoms with Gasteiger partial charge in [-0.15, -0.1) is 0 Å². The van der Waals surface area contributed by atoms with Gasteiger partial charge in [-0.3, -0.25) is 4.79 Å². The third-order valence-corrected chi connectivity index (χ3v) is 4.55. The number of aromatic nitrogens is 2. The third kappa shape index (κ3) is 4.15. The second kappa shape index (κ2) is 8.15. The molecule has 2 aromatic carbocycles. The summed E-state index contributed by atoms with van der Waals surface area (Å²) in [6.07, 6.45) is 3.51. The summed E-state index contributed by atoms with van der Waals surface area (Å²) in [5.74, 6) is 0.823. The Bertz CT molecular complexity index is 1090. The van der Waals surface area contributed by atoms with Crippen molar-refractivity contribution in [2.45, 2.75) is 6.54 Å².